The standard InChI is InChI=1S/C16H21Cl2NO.ClH/c17-13-5-4-12(10-14(13)18)16(6-3-7-16)15(20)11-19-8-1-2-9-19;/h4-5,10,15,20H,1-3,6-9,11H2;1H. The molecule has 0 radical (unpaired) electrons. The van der Waals surface area contributed by atoms with Gasteiger partial charge in [0.25, 0.3) is 0 Å². The quantitative estimate of drug-likeness (QED) is 0.875. The number of halogens is 3. The SMILES string of the molecule is Cl.OC(CN1CCCC1)C1(c2ccc(Cl)c(Cl)c2)CCC1. The van der Waals surface area contributed by atoms with Gasteiger partial charge < -0.3 is 10.0 Å². The summed E-state index contributed by atoms with van der Waals surface area (Å²) < 4.78 is 0. The normalized spacial score (nSPS) is 22.4. The summed E-state index contributed by atoms with van der Waals surface area (Å²) in [6.45, 7) is 3.02. The number of aliphatic hydroxyl groups is 1. The van der Waals surface area contributed by atoms with Crippen molar-refractivity contribution in [2.45, 2.75) is 43.6 Å². The van der Waals surface area contributed by atoms with Gasteiger partial charge >= 0.3 is 0 Å². The minimum atomic E-state index is -0.313. The average Bonchev–Trinajstić information content (AvgIpc) is 2.85. The number of aliphatic hydroxyl groups excluding tert-OH is 1. The van der Waals surface area contributed by atoms with Crippen LogP contribution in [-0.2, 0) is 5.41 Å². The molecule has 3 rings (SSSR count). The highest BCUT2D eigenvalue weighted by Crippen LogP contribution is 2.47. The largest absolute Gasteiger partial charge is 0.391 e. The van der Waals surface area contributed by atoms with E-state index in [1.165, 1.54) is 19.3 Å². The molecule has 0 spiro atoms. The van der Waals surface area contributed by atoms with Crippen LogP contribution in [0.25, 0.3) is 0 Å². The fourth-order valence-corrected chi connectivity index (χ4v) is 3.86. The highest BCUT2D eigenvalue weighted by Gasteiger charge is 2.45. The molecule has 0 bridgehead atoms. The van der Waals surface area contributed by atoms with Crippen molar-refractivity contribution in [3.05, 3.63) is 33.8 Å². The van der Waals surface area contributed by atoms with Crippen molar-refractivity contribution in [3.63, 3.8) is 0 Å². The van der Waals surface area contributed by atoms with Gasteiger partial charge in [-0.3, -0.25) is 0 Å². The molecular weight excluding hydrogens is 329 g/mol. The maximum atomic E-state index is 10.8. The summed E-state index contributed by atoms with van der Waals surface area (Å²) in [5.41, 5.74) is 1.03. The highest BCUT2D eigenvalue weighted by atomic mass is 35.5. The Morgan fingerprint density at radius 3 is 2.29 bits per heavy atom. The van der Waals surface area contributed by atoms with Gasteiger partial charge in [0.2, 0.25) is 0 Å². The summed E-state index contributed by atoms with van der Waals surface area (Å²) in [6, 6.07) is 5.82. The van der Waals surface area contributed by atoms with E-state index >= 15 is 0 Å². The summed E-state index contributed by atoms with van der Waals surface area (Å²) >= 11 is 12.2. The molecule has 0 aromatic heterocycles. The molecule has 0 amide bonds. The maximum Gasteiger partial charge on any atom is 0.0763 e. The third-order valence-electron chi connectivity index (χ3n) is 5.01. The maximum absolute atomic E-state index is 10.8. The van der Waals surface area contributed by atoms with Crippen LogP contribution in [0.2, 0.25) is 10.0 Å². The van der Waals surface area contributed by atoms with Crippen LogP contribution >= 0.6 is 35.6 Å². The molecule has 5 heteroatoms. The predicted octanol–water partition coefficient (Wildman–Crippen LogP) is 4.29. The van der Waals surface area contributed by atoms with E-state index < -0.39 is 0 Å². The molecule has 118 valence electrons. The lowest BCUT2D eigenvalue weighted by Crippen LogP contribution is -2.50. The number of benzene rings is 1. The van der Waals surface area contributed by atoms with Crippen LogP contribution in [0.3, 0.4) is 0 Å². The van der Waals surface area contributed by atoms with Crippen molar-refractivity contribution in [2.24, 2.45) is 0 Å². The van der Waals surface area contributed by atoms with E-state index in [9.17, 15) is 5.11 Å². The molecule has 1 saturated heterocycles. The first kappa shape index (κ1) is 17.4. The summed E-state index contributed by atoms with van der Waals surface area (Å²) in [5.74, 6) is 0. The van der Waals surface area contributed by atoms with Gasteiger partial charge in [-0.2, -0.15) is 0 Å². The van der Waals surface area contributed by atoms with Crippen molar-refractivity contribution < 1.29 is 5.11 Å². The molecule has 2 aliphatic rings. The van der Waals surface area contributed by atoms with Crippen molar-refractivity contribution in [3.8, 4) is 0 Å². The van der Waals surface area contributed by atoms with E-state index in [1.807, 2.05) is 18.2 Å². The summed E-state index contributed by atoms with van der Waals surface area (Å²) in [6.07, 6.45) is 5.46. The molecule has 1 unspecified atom stereocenters. The van der Waals surface area contributed by atoms with Crippen LogP contribution in [0, 0.1) is 0 Å². The number of rotatable bonds is 4. The second-order valence-electron chi connectivity index (χ2n) is 6.16. The van der Waals surface area contributed by atoms with Crippen LogP contribution in [0.4, 0.5) is 0 Å². The van der Waals surface area contributed by atoms with Crippen LogP contribution in [0.5, 0.6) is 0 Å². The molecule has 1 aliphatic heterocycles. The molecule has 1 aromatic rings. The summed E-state index contributed by atoms with van der Waals surface area (Å²) in [7, 11) is 0. The first-order chi connectivity index (χ1) is 9.62. The fourth-order valence-electron chi connectivity index (χ4n) is 3.56. The lowest BCUT2D eigenvalue weighted by atomic mass is 9.61. The van der Waals surface area contributed by atoms with Gasteiger partial charge in [0.15, 0.2) is 0 Å². The molecule has 1 atom stereocenters. The zero-order valence-corrected chi connectivity index (χ0v) is 14.4. The second-order valence-corrected chi connectivity index (χ2v) is 6.98. The topological polar surface area (TPSA) is 23.5 Å². The van der Waals surface area contributed by atoms with Gasteiger partial charge in [0.05, 0.1) is 16.1 Å². The number of hydrogen-bond donors (Lipinski definition) is 1. The zero-order chi connectivity index (χ0) is 14.2. The van der Waals surface area contributed by atoms with Gasteiger partial charge in [0, 0.05) is 12.0 Å². The molecular formula is C16H22Cl3NO. The molecule has 1 heterocycles. The van der Waals surface area contributed by atoms with E-state index in [-0.39, 0.29) is 23.9 Å². The molecule has 2 fully saturated rings. The van der Waals surface area contributed by atoms with Crippen LogP contribution in [-0.4, -0.2) is 35.7 Å². The molecule has 1 aliphatic carbocycles. The fraction of sp³-hybridized carbons (Fsp3) is 0.625. The Balaban J connectivity index is 0.00000161. The van der Waals surface area contributed by atoms with Crippen molar-refractivity contribution in [1.29, 1.82) is 0 Å². The third-order valence-corrected chi connectivity index (χ3v) is 5.75. The van der Waals surface area contributed by atoms with Crippen LogP contribution in [0.1, 0.15) is 37.7 Å². The average molecular weight is 351 g/mol. The number of β-amino-alcohol motifs (C(OH)–C–C–N with tert-alkyl or cyclic N) is 1. The second kappa shape index (κ2) is 7.06. The minimum Gasteiger partial charge on any atom is -0.391 e. The van der Waals surface area contributed by atoms with Gasteiger partial charge in [-0.15, -0.1) is 12.4 Å². The van der Waals surface area contributed by atoms with Gasteiger partial charge in [-0.05, 0) is 56.5 Å². The zero-order valence-electron chi connectivity index (χ0n) is 12.0. The van der Waals surface area contributed by atoms with Crippen LogP contribution < -0.4 is 0 Å². The minimum absolute atomic E-state index is 0. The van der Waals surface area contributed by atoms with E-state index in [0.717, 1.165) is 38.0 Å². The molecule has 21 heavy (non-hydrogen) atoms. The van der Waals surface area contributed by atoms with E-state index in [0.29, 0.717) is 10.0 Å². The van der Waals surface area contributed by atoms with Crippen molar-refractivity contribution in [2.75, 3.05) is 19.6 Å². The third kappa shape index (κ3) is 3.35. The molecule has 2 nitrogen and oxygen atoms in total. The first-order valence-corrected chi connectivity index (χ1v) is 8.23. The Kier molecular flexibility index (Phi) is 5.84. The first-order valence-electron chi connectivity index (χ1n) is 7.48. The van der Waals surface area contributed by atoms with E-state index in [1.54, 1.807) is 0 Å². The van der Waals surface area contributed by atoms with Crippen molar-refractivity contribution >= 4 is 35.6 Å². The van der Waals surface area contributed by atoms with Gasteiger partial charge in [-0.25, -0.2) is 0 Å². The van der Waals surface area contributed by atoms with Gasteiger partial charge in [-0.1, -0.05) is 35.7 Å². The smallest absolute Gasteiger partial charge is 0.0763 e. The monoisotopic (exact) mass is 349 g/mol. The predicted molar refractivity (Wildman–Crippen MR) is 90.9 cm³/mol. The lowest BCUT2D eigenvalue weighted by Gasteiger charge is -2.47. The molecule has 1 N–H and O–H groups in total. The summed E-state index contributed by atoms with van der Waals surface area (Å²) in [5, 5.41) is 11.9. The lowest BCUT2D eigenvalue weighted by molar-refractivity contribution is 0.00672. The highest BCUT2D eigenvalue weighted by molar-refractivity contribution is 6.42. The Hall–Kier alpha value is 0.01000. The summed E-state index contributed by atoms with van der Waals surface area (Å²) in [4.78, 5) is 2.38. The molecule has 1 saturated carbocycles. The number of likely N-dealkylation sites (tertiary alicyclic amines) is 1. The Morgan fingerprint density at radius 1 is 1.10 bits per heavy atom. The van der Waals surface area contributed by atoms with E-state index in [2.05, 4.69) is 4.90 Å². The Morgan fingerprint density at radius 2 is 1.76 bits per heavy atom. The van der Waals surface area contributed by atoms with Crippen molar-refractivity contribution in [1.82, 2.24) is 4.90 Å². The number of hydrogen-bond acceptors (Lipinski definition) is 2. The molecule has 1 aromatic carbocycles. The van der Waals surface area contributed by atoms with Gasteiger partial charge in [0.1, 0.15) is 0 Å². The van der Waals surface area contributed by atoms with E-state index in [4.69, 9.17) is 23.2 Å². The Labute approximate surface area is 142 Å². The number of nitrogens with zero attached hydrogens (tertiary/aromatic N) is 1. The van der Waals surface area contributed by atoms with Crippen LogP contribution in [0.15, 0.2) is 18.2 Å². The Bertz CT molecular complexity index is 484.